The van der Waals surface area contributed by atoms with Crippen LogP contribution in [0.5, 0.6) is 0 Å². The van der Waals surface area contributed by atoms with Crippen molar-refractivity contribution in [3.8, 4) is 0 Å². The van der Waals surface area contributed by atoms with E-state index in [1.165, 1.54) is 12.1 Å². The first-order valence-corrected chi connectivity index (χ1v) is 6.16. The van der Waals surface area contributed by atoms with Gasteiger partial charge in [-0.05, 0) is 17.9 Å². The van der Waals surface area contributed by atoms with Crippen molar-refractivity contribution < 1.29 is 10.0 Å². The second-order valence-electron chi connectivity index (χ2n) is 5.09. The Hall–Kier alpha value is -1.62. The quantitative estimate of drug-likeness (QED) is 0.659. The van der Waals surface area contributed by atoms with E-state index >= 15 is 0 Å². The van der Waals surface area contributed by atoms with E-state index in [2.05, 4.69) is 18.7 Å². The van der Waals surface area contributed by atoms with Gasteiger partial charge in [-0.25, -0.2) is 0 Å². The molecule has 0 saturated carbocycles. The van der Waals surface area contributed by atoms with E-state index < -0.39 is 4.92 Å². The molecule has 0 radical (unpaired) electrons. The molecule has 1 aromatic rings. The molecule has 5 heteroatoms. The second kappa shape index (κ2) is 4.94. The summed E-state index contributed by atoms with van der Waals surface area (Å²) in [6, 6.07) is 4.71. The number of rotatable bonds is 3. The SMILES string of the molecule is CC1CN(c2ccc([N+](=O)[O-])cc2CO)CC1C. The highest BCUT2D eigenvalue weighted by molar-refractivity contribution is 5.58. The summed E-state index contributed by atoms with van der Waals surface area (Å²) in [5.74, 6) is 1.21. The van der Waals surface area contributed by atoms with Crippen LogP contribution in [-0.2, 0) is 6.61 Å². The van der Waals surface area contributed by atoms with Crippen LogP contribution < -0.4 is 4.90 Å². The zero-order valence-corrected chi connectivity index (χ0v) is 10.7. The maximum atomic E-state index is 10.7. The molecule has 18 heavy (non-hydrogen) atoms. The van der Waals surface area contributed by atoms with Crippen LogP contribution in [0.15, 0.2) is 18.2 Å². The third-order valence-electron chi connectivity index (χ3n) is 3.77. The molecule has 2 unspecified atom stereocenters. The zero-order valence-electron chi connectivity index (χ0n) is 10.7. The molecular formula is C13H18N2O3. The van der Waals surface area contributed by atoms with Crippen molar-refractivity contribution in [3.05, 3.63) is 33.9 Å². The fraction of sp³-hybridized carbons (Fsp3) is 0.538. The predicted octanol–water partition coefficient (Wildman–Crippen LogP) is 2.18. The van der Waals surface area contributed by atoms with E-state index in [4.69, 9.17) is 0 Å². The van der Waals surface area contributed by atoms with Gasteiger partial charge in [0.15, 0.2) is 0 Å². The smallest absolute Gasteiger partial charge is 0.269 e. The number of hydrogen-bond acceptors (Lipinski definition) is 4. The Bertz CT molecular complexity index is 452. The first-order valence-electron chi connectivity index (χ1n) is 6.16. The summed E-state index contributed by atoms with van der Waals surface area (Å²) in [7, 11) is 0. The van der Waals surface area contributed by atoms with Crippen LogP contribution in [0.25, 0.3) is 0 Å². The summed E-state index contributed by atoms with van der Waals surface area (Å²) in [5, 5.41) is 20.1. The fourth-order valence-electron chi connectivity index (χ4n) is 2.45. The number of anilines is 1. The van der Waals surface area contributed by atoms with E-state index in [-0.39, 0.29) is 12.3 Å². The largest absolute Gasteiger partial charge is 0.392 e. The van der Waals surface area contributed by atoms with Crippen LogP contribution in [0.1, 0.15) is 19.4 Å². The average molecular weight is 250 g/mol. The van der Waals surface area contributed by atoms with Gasteiger partial charge in [-0.3, -0.25) is 10.1 Å². The Morgan fingerprint density at radius 3 is 2.50 bits per heavy atom. The van der Waals surface area contributed by atoms with Gasteiger partial charge in [-0.2, -0.15) is 0 Å². The van der Waals surface area contributed by atoms with Crippen LogP contribution in [0.3, 0.4) is 0 Å². The van der Waals surface area contributed by atoms with Crippen molar-refractivity contribution in [2.45, 2.75) is 20.5 Å². The van der Waals surface area contributed by atoms with E-state index in [0.717, 1.165) is 18.8 Å². The Labute approximate surface area is 106 Å². The monoisotopic (exact) mass is 250 g/mol. The normalized spacial score (nSPS) is 23.4. The molecule has 2 rings (SSSR count). The predicted molar refractivity (Wildman–Crippen MR) is 69.6 cm³/mol. The number of non-ortho nitro benzene ring substituents is 1. The minimum atomic E-state index is -0.432. The molecule has 0 aromatic heterocycles. The third kappa shape index (κ3) is 2.31. The molecule has 1 aromatic carbocycles. The van der Waals surface area contributed by atoms with Crippen LogP contribution in [0, 0.1) is 22.0 Å². The number of aliphatic hydroxyl groups is 1. The number of nitro groups is 1. The van der Waals surface area contributed by atoms with E-state index in [1.807, 2.05) is 0 Å². The lowest BCUT2D eigenvalue weighted by atomic mass is 10.0. The highest BCUT2D eigenvalue weighted by atomic mass is 16.6. The van der Waals surface area contributed by atoms with Crippen LogP contribution in [0.4, 0.5) is 11.4 Å². The average Bonchev–Trinajstić information content (AvgIpc) is 2.68. The first-order chi connectivity index (χ1) is 8.52. The summed E-state index contributed by atoms with van der Waals surface area (Å²) in [4.78, 5) is 12.5. The van der Waals surface area contributed by atoms with Gasteiger partial charge < -0.3 is 10.0 Å². The number of aliphatic hydroxyl groups excluding tert-OH is 1. The van der Waals surface area contributed by atoms with E-state index in [0.29, 0.717) is 17.4 Å². The van der Waals surface area contributed by atoms with Crippen molar-refractivity contribution in [2.75, 3.05) is 18.0 Å². The number of benzene rings is 1. The maximum Gasteiger partial charge on any atom is 0.269 e. The lowest BCUT2D eigenvalue weighted by Gasteiger charge is -2.21. The number of nitro benzene ring substituents is 1. The topological polar surface area (TPSA) is 66.6 Å². The molecule has 1 aliphatic rings. The van der Waals surface area contributed by atoms with Crippen LogP contribution in [-0.4, -0.2) is 23.1 Å². The van der Waals surface area contributed by atoms with Gasteiger partial charge in [0.1, 0.15) is 0 Å². The highest BCUT2D eigenvalue weighted by Gasteiger charge is 2.27. The molecule has 1 N–H and O–H groups in total. The summed E-state index contributed by atoms with van der Waals surface area (Å²) in [6.07, 6.45) is 0. The van der Waals surface area contributed by atoms with Crippen molar-refractivity contribution in [1.82, 2.24) is 0 Å². The minimum absolute atomic E-state index is 0.0306. The van der Waals surface area contributed by atoms with E-state index in [1.54, 1.807) is 6.07 Å². The van der Waals surface area contributed by atoms with Crippen molar-refractivity contribution in [1.29, 1.82) is 0 Å². The Morgan fingerprint density at radius 2 is 2.00 bits per heavy atom. The molecule has 0 spiro atoms. The summed E-state index contributed by atoms with van der Waals surface area (Å²) in [6.45, 7) is 6.11. The van der Waals surface area contributed by atoms with E-state index in [9.17, 15) is 15.2 Å². The van der Waals surface area contributed by atoms with Gasteiger partial charge in [0.2, 0.25) is 0 Å². The van der Waals surface area contributed by atoms with Gasteiger partial charge in [0, 0.05) is 36.5 Å². The van der Waals surface area contributed by atoms with Gasteiger partial charge >= 0.3 is 0 Å². The summed E-state index contributed by atoms with van der Waals surface area (Å²) >= 11 is 0. The number of hydrogen-bond donors (Lipinski definition) is 1. The van der Waals surface area contributed by atoms with Gasteiger partial charge in [-0.15, -0.1) is 0 Å². The molecule has 98 valence electrons. The Morgan fingerprint density at radius 1 is 1.39 bits per heavy atom. The molecule has 1 heterocycles. The molecule has 0 aliphatic carbocycles. The molecule has 5 nitrogen and oxygen atoms in total. The maximum absolute atomic E-state index is 10.7. The van der Waals surface area contributed by atoms with Crippen molar-refractivity contribution in [2.24, 2.45) is 11.8 Å². The summed E-state index contributed by atoms with van der Waals surface area (Å²) < 4.78 is 0. The molecule has 1 fully saturated rings. The van der Waals surface area contributed by atoms with Gasteiger partial charge in [-0.1, -0.05) is 13.8 Å². The lowest BCUT2D eigenvalue weighted by molar-refractivity contribution is -0.384. The van der Waals surface area contributed by atoms with Gasteiger partial charge in [0.25, 0.3) is 5.69 Å². The zero-order chi connectivity index (χ0) is 13.3. The standard InChI is InChI=1S/C13H18N2O3/c1-9-6-14(7-10(9)2)13-4-3-12(15(17)18)5-11(13)8-16/h3-5,9-10,16H,6-8H2,1-2H3. The Balaban J connectivity index is 2.31. The number of nitrogens with zero attached hydrogens (tertiary/aromatic N) is 2. The third-order valence-corrected chi connectivity index (χ3v) is 3.77. The molecule has 0 bridgehead atoms. The Kier molecular flexibility index (Phi) is 3.52. The van der Waals surface area contributed by atoms with Crippen molar-refractivity contribution >= 4 is 11.4 Å². The molecule has 0 amide bonds. The second-order valence-corrected chi connectivity index (χ2v) is 5.09. The molecule has 1 saturated heterocycles. The molecular weight excluding hydrogens is 232 g/mol. The molecule has 2 atom stereocenters. The van der Waals surface area contributed by atoms with Gasteiger partial charge in [0.05, 0.1) is 11.5 Å². The highest BCUT2D eigenvalue weighted by Crippen LogP contribution is 2.32. The summed E-state index contributed by atoms with van der Waals surface area (Å²) in [5.41, 5.74) is 1.58. The lowest BCUT2D eigenvalue weighted by Crippen LogP contribution is -2.21. The van der Waals surface area contributed by atoms with Crippen LogP contribution >= 0.6 is 0 Å². The van der Waals surface area contributed by atoms with Crippen LogP contribution in [0.2, 0.25) is 0 Å². The fourth-order valence-corrected chi connectivity index (χ4v) is 2.45. The minimum Gasteiger partial charge on any atom is -0.392 e. The first kappa shape index (κ1) is 12.8. The molecule has 1 aliphatic heterocycles. The van der Waals surface area contributed by atoms with Crippen molar-refractivity contribution in [3.63, 3.8) is 0 Å².